The number of sulfone groups is 1. The van der Waals surface area contributed by atoms with Crippen molar-refractivity contribution < 1.29 is 25.7 Å². The molecule has 1 aromatic carbocycles. The van der Waals surface area contributed by atoms with Crippen LogP contribution in [0.25, 0.3) is 0 Å². The van der Waals surface area contributed by atoms with Crippen molar-refractivity contribution in [3.63, 3.8) is 0 Å². The number of fused-ring (bicyclic) bond motifs is 2. The molecule has 9 nitrogen and oxygen atoms in total. The Labute approximate surface area is 232 Å². The Morgan fingerprint density at radius 1 is 1.16 bits per heavy atom. The number of anilines is 1. The first-order valence-electron chi connectivity index (χ1n) is 14.9. The van der Waals surface area contributed by atoms with Crippen LogP contribution in [0.2, 0.25) is 0 Å². The SMILES string of the molecule is [2H]C([2H])([2H])N[C@@H](CCS(C)(=O)=O)C(=O)NC1CC2CCC1(CS(=O)(=O)N1CCN(c3ccccc3C)CC1)C2(C)C. The van der Waals surface area contributed by atoms with Crippen molar-refractivity contribution in [3.05, 3.63) is 29.8 Å². The summed E-state index contributed by atoms with van der Waals surface area (Å²) < 4.78 is 75.7. The first-order valence-corrected chi connectivity index (χ1v) is 17.1. The number of likely N-dealkylation sites (N-methyl/N-ethyl adjacent to an activating group) is 1. The highest BCUT2D eigenvalue weighted by molar-refractivity contribution is 7.90. The lowest BCUT2D eigenvalue weighted by atomic mass is 9.69. The molecule has 214 valence electrons. The van der Waals surface area contributed by atoms with Crippen LogP contribution in [0.5, 0.6) is 0 Å². The summed E-state index contributed by atoms with van der Waals surface area (Å²) in [6.45, 7) is 5.49. The minimum atomic E-state index is -3.67. The number of carbonyl (C=O) groups excluding carboxylic acids is 1. The molecule has 2 saturated carbocycles. The molecule has 38 heavy (non-hydrogen) atoms. The second kappa shape index (κ2) is 10.7. The maximum absolute atomic E-state index is 13.9. The molecule has 11 heteroatoms. The van der Waals surface area contributed by atoms with Crippen LogP contribution in [0.4, 0.5) is 5.69 Å². The van der Waals surface area contributed by atoms with Gasteiger partial charge in [-0.1, -0.05) is 32.0 Å². The van der Waals surface area contributed by atoms with Gasteiger partial charge in [0.15, 0.2) is 0 Å². The highest BCUT2D eigenvalue weighted by Gasteiger charge is 2.66. The number of amides is 1. The van der Waals surface area contributed by atoms with Crippen LogP contribution >= 0.6 is 0 Å². The minimum Gasteiger partial charge on any atom is -0.369 e. The van der Waals surface area contributed by atoms with Gasteiger partial charge < -0.3 is 15.5 Å². The van der Waals surface area contributed by atoms with Gasteiger partial charge in [0.1, 0.15) is 9.84 Å². The van der Waals surface area contributed by atoms with Crippen molar-refractivity contribution in [1.29, 1.82) is 0 Å². The number of benzene rings is 1. The van der Waals surface area contributed by atoms with Gasteiger partial charge in [-0.25, -0.2) is 16.8 Å². The lowest BCUT2D eigenvalue weighted by molar-refractivity contribution is -0.124. The monoisotopic (exact) mass is 571 g/mol. The first kappa shape index (κ1) is 25.3. The third-order valence-corrected chi connectivity index (χ3v) is 12.6. The number of rotatable bonds is 10. The fraction of sp³-hybridized carbons (Fsp3) is 0.741. The summed E-state index contributed by atoms with van der Waals surface area (Å²) in [5.74, 6) is -0.840. The largest absolute Gasteiger partial charge is 0.369 e. The molecule has 1 heterocycles. The van der Waals surface area contributed by atoms with E-state index in [1.54, 1.807) is 4.31 Å². The normalized spacial score (nSPS) is 29.9. The maximum atomic E-state index is 13.9. The number of piperazine rings is 1. The molecular formula is C27H44N4O5S2. The first-order chi connectivity index (χ1) is 18.8. The average molecular weight is 572 g/mol. The lowest BCUT2D eigenvalue weighted by Gasteiger charge is -2.44. The van der Waals surface area contributed by atoms with Crippen LogP contribution in [-0.4, -0.2) is 90.0 Å². The summed E-state index contributed by atoms with van der Waals surface area (Å²) in [5.41, 5.74) is 1.17. The highest BCUT2D eigenvalue weighted by atomic mass is 32.2. The molecule has 0 radical (unpaired) electrons. The summed E-state index contributed by atoms with van der Waals surface area (Å²) in [7, 11) is -7.10. The van der Waals surface area contributed by atoms with Gasteiger partial charge >= 0.3 is 0 Å². The molecule has 3 aliphatic rings. The fourth-order valence-electron chi connectivity index (χ4n) is 7.04. The van der Waals surface area contributed by atoms with Gasteiger partial charge in [0, 0.05) is 53.7 Å². The van der Waals surface area contributed by atoms with Crippen LogP contribution in [0.1, 0.15) is 49.2 Å². The second-order valence-electron chi connectivity index (χ2n) is 12.0. The summed E-state index contributed by atoms with van der Waals surface area (Å²) in [4.78, 5) is 15.6. The molecule has 0 aromatic heterocycles. The van der Waals surface area contributed by atoms with E-state index in [1.165, 1.54) is 0 Å². The van der Waals surface area contributed by atoms with E-state index in [1.807, 2.05) is 25.1 Å². The summed E-state index contributed by atoms with van der Waals surface area (Å²) in [5, 5.41) is 5.28. The molecule has 2 bridgehead atoms. The Bertz CT molecular complexity index is 1340. The molecule has 3 fully saturated rings. The molecule has 4 atom stereocenters. The van der Waals surface area contributed by atoms with Crippen molar-refractivity contribution in [1.82, 2.24) is 14.9 Å². The van der Waals surface area contributed by atoms with Gasteiger partial charge in [-0.3, -0.25) is 4.79 Å². The minimum absolute atomic E-state index is 0.0977. The number of hydrogen-bond donors (Lipinski definition) is 2. The van der Waals surface area contributed by atoms with E-state index in [-0.39, 0.29) is 29.3 Å². The predicted octanol–water partition coefficient (Wildman–Crippen LogP) is 1.78. The quantitative estimate of drug-likeness (QED) is 0.440. The molecule has 1 aliphatic heterocycles. The standard InChI is InChI=1S/C27H44N4O5S2/c1-20-8-6-7-9-23(20)30-13-15-31(16-14-30)38(35,36)19-27-12-10-21(26(27,2)3)18-24(27)29-25(32)22(28-4)11-17-37(5,33)34/h6-9,21-22,24,28H,10-19H2,1-5H3,(H,29,32)/t21?,22-,24?,27?/m0/s1/i4D3. The van der Waals surface area contributed by atoms with Crippen LogP contribution in [0.3, 0.4) is 0 Å². The molecule has 1 amide bonds. The smallest absolute Gasteiger partial charge is 0.237 e. The molecule has 3 unspecified atom stereocenters. The van der Waals surface area contributed by atoms with E-state index in [0.29, 0.717) is 39.0 Å². The van der Waals surface area contributed by atoms with Crippen molar-refractivity contribution in [2.24, 2.45) is 16.7 Å². The third-order valence-electron chi connectivity index (χ3n) is 9.54. The summed E-state index contributed by atoms with van der Waals surface area (Å²) in [6.07, 6.45) is 2.94. The lowest BCUT2D eigenvalue weighted by Crippen LogP contribution is -2.58. The Kier molecular flexibility index (Phi) is 7.12. The Morgan fingerprint density at radius 2 is 1.84 bits per heavy atom. The van der Waals surface area contributed by atoms with Gasteiger partial charge in [0.05, 0.1) is 17.5 Å². The number of para-hydroxylation sites is 1. The van der Waals surface area contributed by atoms with E-state index in [9.17, 15) is 21.6 Å². The zero-order valence-corrected chi connectivity index (χ0v) is 24.5. The number of hydrogen-bond acceptors (Lipinski definition) is 7. The van der Waals surface area contributed by atoms with E-state index in [0.717, 1.165) is 23.9 Å². The molecule has 0 spiro atoms. The number of carbonyl (C=O) groups is 1. The van der Waals surface area contributed by atoms with Crippen molar-refractivity contribution >= 4 is 31.5 Å². The molecule has 1 saturated heterocycles. The van der Waals surface area contributed by atoms with Gasteiger partial charge in [-0.05, 0) is 62.5 Å². The molecule has 2 aliphatic carbocycles. The van der Waals surface area contributed by atoms with Crippen LogP contribution < -0.4 is 15.5 Å². The summed E-state index contributed by atoms with van der Waals surface area (Å²) >= 11 is 0. The van der Waals surface area contributed by atoms with Crippen molar-refractivity contribution in [2.75, 3.05) is 55.8 Å². The zero-order chi connectivity index (χ0) is 30.4. The van der Waals surface area contributed by atoms with E-state index >= 15 is 0 Å². The highest BCUT2D eigenvalue weighted by Crippen LogP contribution is 2.66. The zero-order valence-electron chi connectivity index (χ0n) is 25.9. The van der Waals surface area contributed by atoms with Crippen LogP contribution in [0.15, 0.2) is 24.3 Å². The summed E-state index contributed by atoms with van der Waals surface area (Å²) in [6, 6.07) is 6.35. The van der Waals surface area contributed by atoms with Gasteiger partial charge in [-0.15, -0.1) is 0 Å². The topological polar surface area (TPSA) is 116 Å². The molecular weight excluding hydrogens is 524 g/mol. The molecule has 4 rings (SSSR count). The average Bonchev–Trinajstić information content (AvgIpc) is 3.20. The fourth-order valence-corrected chi connectivity index (χ4v) is 9.97. The number of aryl methyl sites for hydroxylation is 1. The third kappa shape index (κ3) is 5.62. The number of nitrogens with zero attached hydrogens (tertiary/aromatic N) is 2. The Balaban J connectivity index is 1.51. The van der Waals surface area contributed by atoms with Gasteiger partial charge in [0.2, 0.25) is 15.9 Å². The predicted molar refractivity (Wildman–Crippen MR) is 151 cm³/mol. The van der Waals surface area contributed by atoms with Crippen LogP contribution in [-0.2, 0) is 24.7 Å². The Morgan fingerprint density at radius 3 is 2.45 bits per heavy atom. The maximum Gasteiger partial charge on any atom is 0.237 e. The molecule has 1 aromatic rings. The van der Waals surface area contributed by atoms with E-state index < -0.39 is 50.2 Å². The van der Waals surface area contributed by atoms with Gasteiger partial charge in [0.25, 0.3) is 0 Å². The van der Waals surface area contributed by atoms with Gasteiger partial charge in [-0.2, -0.15) is 4.31 Å². The van der Waals surface area contributed by atoms with E-state index in [2.05, 4.69) is 35.4 Å². The number of sulfonamides is 1. The van der Waals surface area contributed by atoms with Crippen molar-refractivity contribution in [3.8, 4) is 0 Å². The van der Waals surface area contributed by atoms with E-state index in [4.69, 9.17) is 4.11 Å². The second-order valence-corrected chi connectivity index (χ2v) is 16.2. The van der Waals surface area contributed by atoms with Crippen LogP contribution in [0, 0.1) is 23.7 Å². The van der Waals surface area contributed by atoms with Crippen molar-refractivity contribution in [2.45, 2.75) is 58.5 Å². The molecule has 2 N–H and O–H groups in total. The number of nitrogens with one attached hydrogen (secondary N) is 2. The Hall–Kier alpha value is -1.69.